The van der Waals surface area contributed by atoms with Gasteiger partial charge in [-0.1, -0.05) is 11.6 Å². The summed E-state index contributed by atoms with van der Waals surface area (Å²) in [5.41, 5.74) is 3.75. The monoisotopic (exact) mass is 413 g/mol. The maximum atomic E-state index is 13.3. The molecule has 0 bridgehead atoms. The highest BCUT2D eigenvalue weighted by molar-refractivity contribution is 7.10. The molecule has 0 atom stereocenters. The number of amides is 1. The quantitative estimate of drug-likeness (QED) is 0.647. The van der Waals surface area contributed by atoms with E-state index in [2.05, 4.69) is 28.4 Å². The van der Waals surface area contributed by atoms with Crippen LogP contribution in [0.2, 0.25) is 5.02 Å². The Balaban J connectivity index is 1.62. The Morgan fingerprint density at radius 3 is 2.71 bits per heavy atom. The lowest BCUT2D eigenvalue weighted by atomic mass is 9.94. The number of piperazine rings is 1. The fraction of sp³-hybridized carbons (Fsp3) is 0.350. The maximum absolute atomic E-state index is 13.3. The molecule has 1 amide bonds. The highest BCUT2D eigenvalue weighted by Crippen LogP contribution is 2.39. The number of thiophene rings is 1. The molecule has 0 saturated carbocycles. The van der Waals surface area contributed by atoms with Crippen LogP contribution in [0.15, 0.2) is 29.8 Å². The molecule has 1 fully saturated rings. The van der Waals surface area contributed by atoms with Crippen LogP contribution in [-0.4, -0.2) is 63.7 Å². The largest absolute Gasteiger partial charge is 0.335 e. The third kappa shape index (κ3) is 2.94. The summed E-state index contributed by atoms with van der Waals surface area (Å²) >= 11 is 7.78. The van der Waals surface area contributed by atoms with E-state index in [-0.39, 0.29) is 5.91 Å². The maximum Gasteiger partial charge on any atom is 0.274 e. The number of pyridine rings is 1. The molecule has 8 heteroatoms. The molecule has 0 spiro atoms. The molecule has 2 aliphatic rings. The molecule has 28 heavy (non-hydrogen) atoms. The van der Waals surface area contributed by atoms with E-state index in [0.717, 1.165) is 55.8 Å². The fourth-order valence-electron chi connectivity index (χ4n) is 3.94. The number of aryl methyl sites for hydroxylation is 1. The second-order valence-corrected chi connectivity index (χ2v) is 8.71. The van der Waals surface area contributed by atoms with Gasteiger partial charge in [-0.3, -0.25) is 4.79 Å². The van der Waals surface area contributed by atoms with Gasteiger partial charge in [-0.2, -0.15) is 5.10 Å². The molecule has 1 aliphatic carbocycles. The van der Waals surface area contributed by atoms with Gasteiger partial charge in [-0.25, -0.2) is 9.67 Å². The van der Waals surface area contributed by atoms with Crippen LogP contribution in [0.3, 0.4) is 0 Å². The van der Waals surface area contributed by atoms with Crippen LogP contribution in [0.5, 0.6) is 0 Å². The number of likely N-dealkylation sites (N-methyl/N-ethyl adjacent to an activating group) is 1. The van der Waals surface area contributed by atoms with Crippen LogP contribution in [-0.2, 0) is 12.8 Å². The van der Waals surface area contributed by atoms with Gasteiger partial charge in [0.15, 0.2) is 11.5 Å². The van der Waals surface area contributed by atoms with Gasteiger partial charge in [0.1, 0.15) is 0 Å². The zero-order chi connectivity index (χ0) is 19.3. The Kier molecular flexibility index (Phi) is 4.45. The predicted octanol–water partition coefficient (Wildman–Crippen LogP) is 3.14. The van der Waals surface area contributed by atoms with Crippen molar-refractivity contribution in [3.63, 3.8) is 0 Å². The van der Waals surface area contributed by atoms with Gasteiger partial charge in [0.05, 0.1) is 10.7 Å². The summed E-state index contributed by atoms with van der Waals surface area (Å²) in [7, 11) is 2.09. The third-order valence-corrected chi connectivity index (χ3v) is 6.71. The van der Waals surface area contributed by atoms with Gasteiger partial charge in [0.2, 0.25) is 0 Å². The lowest BCUT2D eigenvalue weighted by Gasteiger charge is -2.32. The minimum atomic E-state index is 0.0238. The highest BCUT2D eigenvalue weighted by Gasteiger charge is 2.32. The number of carbonyl (C=O) groups excluding carboxylic acids is 1. The van der Waals surface area contributed by atoms with Crippen molar-refractivity contribution >= 4 is 28.8 Å². The summed E-state index contributed by atoms with van der Waals surface area (Å²) < 4.78 is 1.82. The number of nitrogens with zero attached hydrogens (tertiary/aromatic N) is 5. The Labute approximate surface area is 172 Å². The molecule has 0 N–H and O–H groups in total. The molecule has 1 saturated heterocycles. The molecule has 3 aromatic rings. The molecule has 3 aromatic heterocycles. The van der Waals surface area contributed by atoms with Crippen molar-refractivity contribution in [3.05, 3.63) is 50.9 Å². The van der Waals surface area contributed by atoms with E-state index in [0.29, 0.717) is 16.5 Å². The van der Waals surface area contributed by atoms with Crippen molar-refractivity contribution < 1.29 is 4.79 Å². The first-order valence-electron chi connectivity index (χ1n) is 9.40. The van der Waals surface area contributed by atoms with Crippen LogP contribution < -0.4 is 0 Å². The van der Waals surface area contributed by atoms with E-state index in [4.69, 9.17) is 16.7 Å². The van der Waals surface area contributed by atoms with Crippen molar-refractivity contribution in [3.8, 4) is 17.1 Å². The topological polar surface area (TPSA) is 54.3 Å². The van der Waals surface area contributed by atoms with Crippen LogP contribution in [0.1, 0.15) is 20.9 Å². The average Bonchev–Trinajstić information content (AvgIpc) is 3.33. The van der Waals surface area contributed by atoms with Crippen molar-refractivity contribution in [2.24, 2.45) is 0 Å². The van der Waals surface area contributed by atoms with Crippen molar-refractivity contribution in [1.29, 1.82) is 0 Å². The number of aromatic nitrogens is 3. The first-order chi connectivity index (χ1) is 13.6. The summed E-state index contributed by atoms with van der Waals surface area (Å²) in [4.78, 5) is 23.3. The van der Waals surface area contributed by atoms with Gasteiger partial charge < -0.3 is 9.80 Å². The summed E-state index contributed by atoms with van der Waals surface area (Å²) in [6, 6.07) is 5.77. The fourth-order valence-corrected chi connectivity index (χ4v) is 4.93. The zero-order valence-electron chi connectivity index (χ0n) is 15.6. The van der Waals surface area contributed by atoms with Gasteiger partial charge in [0.25, 0.3) is 5.91 Å². The van der Waals surface area contributed by atoms with E-state index in [1.165, 1.54) is 4.88 Å². The number of carbonyl (C=O) groups is 1. The van der Waals surface area contributed by atoms with Crippen LogP contribution in [0, 0.1) is 0 Å². The average molecular weight is 414 g/mol. The van der Waals surface area contributed by atoms with Crippen molar-refractivity contribution in [2.75, 3.05) is 33.2 Å². The molecule has 5 rings (SSSR count). The molecular weight excluding hydrogens is 394 g/mol. The summed E-state index contributed by atoms with van der Waals surface area (Å²) in [6.45, 7) is 3.25. The molecule has 1 aliphatic heterocycles. The summed E-state index contributed by atoms with van der Waals surface area (Å²) in [5, 5.41) is 7.46. The van der Waals surface area contributed by atoms with Gasteiger partial charge >= 0.3 is 0 Å². The molecule has 4 heterocycles. The summed E-state index contributed by atoms with van der Waals surface area (Å²) in [6.07, 6.45) is 3.39. The van der Waals surface area contributed by atoms with Crippen LogP contribution >= 0.6 is 22.9 Å². The van der Waals surface area contributed by atoms with Crippen LogP contribution in [0.4, 0.5) is 0 Å². The van der Waals surface area contributed by atoms with Gasteiger partial charge in [0, 0.05) is 48.4 Å². The normalized spacial score (nSPS) is 16.7. The Morgan fingerprint density at radius 1 is 1.14 bits per heavy atom. The molecule has 0 aromatic carbocycles. The van der Waals surface area contributed by atoms with Gasteiger partial charge in [-0.15, -0.1) is 11.3 Å². The first kappa shape index (κ1) is 17.8. The second-order valence-electron chi connectivity index (χ2n) is 7.28. The molecule has 0 unspecified atom stereocenters. The van der Waals surface area contributed by atoms with Crippen LogP contribution in [0.25, 0.3) is 17.1 Å². The summed E-state index contributed by atoms with van der Waals surface area (Å²) in [5.74, 6) is 0.702. The lowest BCUT2D eigenvalue weighted by molar-refractivity contribution is 0.0656. The lowest BCUT2D eigenvalue weighted by Crippen LogP contribution is -2.47. The Morgan fingerprint density at radius 2 is 1.96 bits per heavy atom. The molecular formula is C20H20ClN5OS. The Bertz CT molecular complexity index is 1030. The third-order valence-electron chi connectivity index (χ3n) is 5.51. The van der Waals surface area contributed by atoms with E-state index in [9.17, 15) is 4.79 Å². The second kappa shape index (κ2) is 6.99. The van der Waals surface area contributed by atoms with Crippen molar-refractivity contribution in [2.45, 2.75) is 12.8 Å². The Hall–Kier alpha value is -2.22. The van der Waals surface area contributed by atoms with E-state index < -0.39 is 0 Å². The van der Waals surface area contributed by atoms with E-state index in [1.807, 2.05) is 15.6 Å². The predicted molar refractivity (Wildman–Crippen MR) is 110 cm³/mol. The molecule has 0 radical (unpaired) electrons. The zero-order valence-corrected chi connectivity index (χ0v) is 17.1. The minimum absolute atomic E-state index is 0.0238. The standard InChI is InChI=1S/C20H20ClN5OS/c1-24-7-9-25(10-8-24)20(27)18-15-3-4-16-14(6-11-28-16)19(15)26(23-18)17-5-2-13(21)12-22-17/h2,5-6,11-12H,3-4,7-10H2,1H3. The van der Waals surface area contributed by atoms with Gasteiger partial charge in [-0.05, 0) is 43.5 Å². The number of hydrogen-bond donors (Lipinski definition) is 0. The molecule has 144 valence electrons. The van der Waals surface area contributed by atoms with Crippen molar-refractivity contribution in [1.82, 2.24) is 24.6 Å². The number of fused-ring (bicyclic) bond motifs is 3. The first-order valence-corrected chi connectivity index (χ1v) is 10.7. The minimum Gasteiger partial charge on any atom is -0.335 e. The highest BCUT2D eigenvalue weighted by atomic mass is 35.5. The van der Waals surface area contributed by atoms with E-state index >= 15 is 0 Å². The smallest absolute Gasteiger partial charge is 0.274 e. The van der Waals surface area contributed by atoms with E-state index in [1.54, 1.807) is 23.6 Å². The number of hydrogen-bond acceptors (Lipinski definition) is 5. The SMILES string of the molecule is CN1CCN(C(=O)c2nn(-c3ccc(Cl)cn3)c3c2CCc2sccc2-3)CC1. The number of rotatable bonds is 2. The number of halogens is 1. The molecule has 6 nitrogen and oxygen atoms in total.